The van der Waals surface area contributed by atoms with Crippen LogP contribution in [0.3, 0.4) is 0 Å². The van der Waals surface area contributed by atoms with Crippen LogP contribution < -0.4 is 10.2 Å². The van der Waals surface area contributed by atoms with Crippen LogP contribution in [0.4, 0.5) is 5.69 Å². The van der Waals surface area contributed by atoms with Crippen molar-refractivity contribution >= 4 is 28.3 Å². The van der Waals surface area contributed by atoms with Gasteiger partial charge < -0.3 is 15.1 Å². The third-order valence-corrected chi connectivity index (χ3v) is 8.18. The van der Waals surface area contributed by atoms with Crippen LogP contribution in [0.2, 0.25) is 0 Å². The fraction of sp³-hybridized carbons (Fsp3) is 0.273. The highest BCUT2D eigenvalue weighted by molar-refractivity contribution is 6.08. The molecule has 0 saturated carbocycles. The summed E-state index contributed by atoms with van der Waals surface area (Å²) in [7, 11) is 0. The van der Waals surface area contributed by atoms with Crippen molar-refractivity contribution in [3.8, 4) is 0 Å². The number of benzene rings is 4. The molecule has 2 amide bonds. The van der Waals surface area contributed by atoms with Gasteiger partial charge in [-0.05, 0) is 73.0 Å². The molecule has 1 atom stereocenters. The van der Waals surface area contributed by atoms with Gasteiger partial charge in [0.15, 0.2) is 0 Å². The van der Waals surface area contributed by atoms with Crippen molar-refractivity contribution in [3.05, 3.63) is 114 Å². The number of fused-ring (bicyclic) bond motifs is 3. The molecule has 2 aliphatic rings. The lowest BCUT2D eigenvalue weighted by Crippen LogP contribution is -2.51. The number of carbonyl (C=O) groups excluding carboxylic acids is 2. The maximum Gasteiger partial charge on any atom is 0.251 e. The number of para-hydroxylation sites is 1. The molecule has 1 saturated heterocycles. The number of nitrogens with one attached hydrogen (secondary N) is 1. The second-order valence-electron chi connectivity index (χ2n) is 10.7. The van der Waals surface area contributed by atoms with Crippen LogP contribution >= 0.6 is 0 Å². The number of carbonyl (C=O) groups is 2. The average Bonchev–Trinajstić information content (AvgIpc) is 3.17. The number of amides is 2. The van der Waals surface area contributed by atoms with E-state index in [0.29, 0.717) is 12.1 Å². The van der Waals surface area contributed by atoms with E-state index in [1.165, 1.54) is 5.56 Å². The Morgan fingerprint density at radius 3 is 2.34 bits per heavy atom. The topological polar surface area (TPSA) is 52.7 Å². The molecule has 0 unspecified atom stereocenters. The maximum absolute atomic E-state index is 13.9. The van der Waals surface area contributed by atoms with E-state index in [1.807, 2.05) is 65.6 Å². The van der Waals surface area contributed by atoms with Gasteiger partial charge in [-0.2, -0.15) is 0 Å². The predicted octanol–water partition coefficient (Wildman–Crippen LogP) is 5.54. The summed E-state index contributed by atoms with van der Waals surface area (Å²) >= 11 is 0. The van der Waals surface area contributed by atoms with Gasteiger partial charge in [0.1, 0.15) is 0 Å². The van der Waals surface area contributed by atoms with Crippen molar-refractivity contribution in [2.24, 2.45) is 0 Å². The van der Waals surface area contributed by atoms with Crippen LogP contribution in [0.5, 0.6) is 0 Å². The van der Waals surface area contributed by atoms with E-state index in [1.54, 1.807) is 0 Å². The van der Waals surface area contributed by atoms with Crippen LogP contribution in [0.15, 0.2) is 97.1 Å². The van der Waals surface area contributed by atoms with E-state index in [4.69, 9.17) is 0 Å². The standard InChI is InChI=1S/C33H33N3O2/c1-24(34-31(37)28-16-15-26-11-5-6-12-27(26)21-28)22-35-19-17-33(18-20-35)29-13-7-8-14-30(29)36(32(33)38)23-25-9-3-2-4-10-25/h2-16,21,24H,17-20,22-23H2,1H3,(H,34,37)/t24-/m0/s1. The van der Waals surface area contributed by atoms with Crippen molar-refractivity contribution in [2.75, 3.05) is 24.5 Å². The zero-order chi connectivity index (χ0) is 26.1. The minimum Gasteiger partial charge on any atom is -0.348 e. The van der Waals surface area contributed by atoms with Gasteiger partial charge in [-0.15, -0.1) is 0 Å². The van der Waals surface area contributed by atoms with Crippen LogP contribution in [0.1, 0.15) is 41.3 Å². The Kier molecular flexibility index (Phi) is 6.46. The number of likely N-dealkylation sites (tertiary alicyclic amines) is 1. The second-order valence-corrected chi connectivity index (χ2v) is 10.7. The summed E-state index contributed by atoms with van der Waals surface area (Å²) < 4.78 is 0. The summed E-state index contributed by atoms with van der Waals surface area (Å²) in [6.45, 7) is 5.07. The third-order valence-electron chi connectivity index (χ3n) is 8.18. The molecule has 2 heterocycles. The summed E-state index contributed by atoms with van der Waals surface area (Å²) in [5, 5.41) is 5.37. The minimum atomic E-state index is -0.459. The SMILES string of the molecule is C[C@@H](CN1CCC2(CC1)C(=O)N(Cc1ccccc1)c1ccccc12)NC(=O)c1ccc2ccccc2c1. The maximum atomic E-state index is 13.9. The summed E-state index contributed by atoms with van der Waals surface area (Å²) in [6, 6.07) is 32.4. The van der Waals surface area contributed by atoms with E-state index >= 15 is 0 Å². The summed E-state index contributed by atoms with van der Waals surface area (Å²) in [6.07, 6.45) is 1.58. The Labute approximate surface area is 224 Å². The Bertz CT molecular complexity index is 1470. The largest absolute Gasteiger partial charge is 0.348 e. The first-order valence-corrected chi connectivity index (χ1v) is 13.5. The van der Waals surface area contributed by atoms with Crippen LogP contribution in [-0.4, -0.2) is 42.4 Å². The molecule has 6 rings (SSSR count). The molecule has 2 aliphatic heterocycles. The van der Waals surface area contributed by atoms with E-state index in [-0.39, 0.29) is 17.9 Å². The second kappa shape index (κ2) is 10.1. The van der Waals surface area contributed by atoms with Gasteiger partial charge in [0, 0.05) is 23.8 Å². The van der Waals surface area contributed by atoms with Gasteiger partial charge in [0.25, 0.3) is 5.91 Å². The van der Waals surface area contributed by atoms with Gasteiger partial charge in [-0.25, -0.2) is 0 Å². The lowest BCUT2D eigenvalue weighted by atomic mass is 9.73. The number of piperidine rings is 1. The van der Waals surface area contributed by atoms with E-state index in [9.17, 15) is 9.59 Å². The van der Waals surface area contributed by atoms with Crippen molar-refractivity contribution in [1.29, 1.82) is 0 Å². The molecule has 38 heavy (non-hydrogen) atoms. The zero-order valence-electron chi connectivity index (χ0n) is 21.8. The number of hydrogen-bond donors (Lipinski definition) is 1. The first-order valence-electron chi connectivity index (χ1n) is 13.5. The Morgan fingerprint density at radius 1 is 0.868 bits per heavy atom. The van der Waals surface area contributed by atoms with Gasteiger partial charge in [0.05, 0.1) is 12.0 Å². The molecule has 4 aromatic carbocycles. The fourth-order valence-corrected chi connectivity index (χ4v) is 6.19. The molecular formula is C33H33N3O2. The number of nitrogens with zero attached hydrogens (tertiary/aromatic N) is 2. The smallest absolute Gasteiger partial charge is 0.251 e. The first-order chi connectivity index (χ1) is 18.5. The molecule has 5 heteroatoms. The molecule has 5 nitrogen and oxygen atoms in total. The quantitative estimate of drug-likeness (QED) is 0.376. The van der Waals surface area contributed by atoms with E-state index < -0.39 is 5.41 Å². The highest BCUT2D eigenvalue weighted by Crippen LogP contribution is 2.48. The van der Waals surface area contributed by atoms with Crippen LogP contribution in [0.25, 0.3) is 10.8 Å². The highest BCUT2D eigenvalue weighted by atomic mass is 16.2. The summed E-state index contributed by atoms with van der Waals surface area (Å²) in [4.78, 5) is 31.2. The van der Waals surface area contributed by atoms with Gasteiger partial charge in [-0.3, -0.25) is 9.59 Å². The lowest BCUT2D eigenvalue weighted by Gasteiger charge is -2.39. The third kappa shape index (κ3) is 4.48. The summed E-state index contributed by atoms with van der Waals surface area (Å²) in [5.41, 5.74) is 3.57. The Hall–Kier alpha value is -3.96. The molecule has 1 spiro atoms. The zero-order valence-corrected chi connectivity index (χ0v) is 21.8. The van der Waals surface area contributed by atoms with E-state index in [2.05, 4.69) is 53.5 Å². The minimum absolute atomic E-state index is 0.00386. The molecule has 0 aliphatic carbocycles. The van der Waals surface area contributed by atoms with E-state index in [0.717, 1.165) is 54.5 Å². The monoisotopic (exact) mass is 503 g/mol. The molecule has 0 aromatic heterocycles. The Morgan fingerprint density at radius 2 is 1.55 bits per heavy atom. The van der Waals surface area contributed by atoms with Crippen molar-refractivity contribution < 1.29 is 9.59 Å². The van der Waals surface area contributed by atoms with Gasteiger partial charge in [0.2, 0.25) is 5.91 Å². The van der Waals surface area contributed by atoms with Crippen molar-refractivity contribution in [2.45, 2.75) is 37.8 Å². The average molecular weight is 504 g/mol. The molecule has 1 N–H and O–H groups in total. The summed E-state index contributed by atoms with van der Waals surface area (Å²) in [5.74, 6) is 0.174. The predicted molar refractivity (Wildman–Crippen MR) is 152 cm³/mol. The van der Waals surface area contributed by atoms with Gasteiger partial charge in [-0.1, -0.05) is 78.9 Å². The lowest BCUT2D eigenvalue weighted by molar-refractivity contribution is -0.125. The number of rotatable bonds is 6. The first kappa shape index (κ1) is 24.4. The normalized spacial score (nSPS) is 17.5. The molecule has 1 fully saturated rings. The molecule has 0 radical (unpaired) electrons. The van der Waals surface area contributed by atoms with Crippen molar-refractivity contribution in [3.63, 3.8) is 0 Å². The van der Waals surface area contributed by atoms with Crippen LogP contribution in [-0.2, 0) is 16.8 Å². The van der Waals surface area contributed by atoms with Gasteiger partial charge >= 0.3 is 0 Å². The number of anilines is 1. The highest BCUT2D eigenvalue weighted by Gasteiger charge is 2.51. The number of hydrogen-bond acceptors (Lipinski definition) is 3. The fourth-order valence-electron chi connectivity index (χ4n) is 6.19. The molecule has 192 valence electrons. The van der Waals surface area contributed by atoms with Crippen molar-refractivity contribution in [1.82, 2.24) is 10.2 Å². The molecule has 4 aromatic rings. The molecule has 0 bridgehead atoms. The van der Waals surface area contributed by atoms with Crippen LogP contribution in [0, 0.1) is 0 Å². The Balaban J connectivity index is 1.10. The molecular weight excluding hydrogens is 470 g/mol.